The molecule has 6 heteroatoms. The van der Waals surface area contributed by atoms with Gasteiger partial charge in [-0.1, -0.05) is 4.67 Å². The molecular weight excluding hydrogens is 118 g/mol. The molecule has 2 radical (unpaired) electrons. The Hall–Kier alpha value is 0.820. The molecule has 0 heterocycles. The first-order valence-electron chi connectivity index (χ1n) is 0.714. The van der Waals surface area contributed by atoms with Gasteiger partial charge in [-0.15, -0.1) is 0 Å². The van der Waals surface area contributed by atoms with E-state index in [2.05, 4.69) is 4.67 Å². The zero-order chi connectivity index (χ0) is 4.28. The third kappa shape index (κ3) is 8.84. The molecule has 0 spiro atoms. The minimum atomic E-state index is -3.15. The van der Waals surface area contributed by atoms with Crippen LogP contribution in [0.5, 0.6) is 0 Å². The smallest absolute Gasteiger partial charge is 0.201 e. The second kappa shape index (κ2) is 5.82. The Balaban J connectivity index is 0. The second-order valence-corrected chi connectivity index (χ2v) is 0.894. The van der Waals surface area contributed by atoms with Gasteiger partial charge in [-0.2, -0.15) is 0 Å². The molecule has 0 aliphatic rings. The van der Waals surface area contributed by atoms with E-state index < -0.39 is 7.91 Å². The molecule has 0 aliphatic heterocycles. The van der Waals surface area contributed by atoms with E-state index in [0.717, 1.165) is 0 Å². The fourth-order valence-corrected chi connectivity index (χ4v) is 0. The van der Waals surface area contributed by atoms with Crippen LogP contribution in [0.4, 0.5) is 0 Å². The van der Waals surface area contributed by atoms with E-state index in [0.29, 0.717) is 0 Å². The normalized spacial score (nSPS) is 6.17. The summed E-state index contributed by atoms with van der Waals surface area (Å²) in [6.45, 7) is 0. The summed E-state index contributed by atoms with van der Waals surface area (Å²) in [5, 5.41) is 8.53. The van der Waals surface area contributed by atoms with Crippen molar-refractivity contribution in [3.63, 3.8) is 0 Å². The Labute approximate surface area is 56.6 Å². The molecule has 0 unspecified atom stereocenters. The SMILES string of the molecule is [Na].[O]OP(=O)=O. The van der Waals surface area contributed by atoms with E-state index in [-0.39, 0.29) is 29.6 Å². The van der Waals surface area contributed by atoms with Crippen molar-refractivity contribution >= 4 is 37.5 Å². The Kier molecular flexibility index (Phi) is 9.65. The molecule has 0 aromatic rings. The number of hydrogen-bond donors (Lipinski definition) is 0. The van der Waals surface area contributed by atoms with Crippen LogP contribution in [0.15, 0.2) is 0 Å². The summed E-state index contributed by atoms with van der Waals surface area (Å²) in [4.78, 5) is 0. The Bertz CT molecular complexity index is 65.6. The first-order valence-corrected chi connectivity index (χ1v) is 1.81. The minimum absolute atomic E-state index is 0. The van der Waals surface area contributed by atoms with Crippen molar-refractivity contribution in [1.82, 2.24) is 0 Å². The van der Waals surface area contributed by atoms with Crippen molar-refractivity contribution in [2.45, 2.75) is 0 Å². The Morgan fingerprint density at radius 2 is 1.50 bits per heavy atom. The maximum Gasteiger partial charge on any atom is 0.498 e. The van der Waals surface area contributed by atoms with Crippen LogP contribution >= 0.6 is 7.91 Å². The Morgan fingerprint density at radius 3 is 1.50 bits per heavy atom. The summed E-state index contributed by atoms with van der Waals surface area (Å²) in [5.74, 6) is 0. The van der Waals surface area contributed by atoms with E-state index in [1.165, 1.54) is 0 Å². The average Bonchev–Trinajstić information content (AvgIpc) is 1.38. The standard InChI is InChI=1S/Na.O4P/c;1-4-5(2)3. The fourth-order valence-electron chi connectivity index (χ4n) is 0. The molecule has 6 heavy (non-hydrogen) atoms. The first-order chi connectivity index (χ1) is 2.27. The van der Waals surface area contributed by atoms with E-state index in [9.17, 15) is 0 Å². The molecule has 0 N–H and O–H groups in total. The summed E-state index contributed by atoms with van der Waals surface area (Å²) in [6, 6.07) is 0. The van der Waals surface area contributed by atoms with Crippen molar-refractivity contribution in [3.05, 3.63) is 0 Å². The first kappa shape index (κ1) is 9.94. The monoisotopic (exact) mass is 118 g/mol. The quantitative estimate of drug-likeness (QED) is 0.211. The van der Waals surface area contributed by atoms with Gasteiger partial charge in [-0.25, -0.2) is 9.13 Å². The van der Waals surface area contributed by atoms with Gasteiger partial charge in [0.1, 0.15) is 0 Å². The van der Waals surface area contributed by atoms with Gasteiger partial charge in [-0.3, -0.25) is 0 Å². The van der Waals surface area contributed by atoms with Gasteiger partial charge < -0.3 is 0 Å². The molecule has 0 saturated heterocycles. The van der Waals surface area contributed by atoms with E-state index in [1.807, 2.05) is 0 Å². The number of rotatable bonds is 1. The average molecular weight is 118 g/mol. The van der Waals surface area contributed by atoms with Gasteiger partial charge in [0.05, 0.1) is 0 Å². The van der Waals surface area contributed by atoms with Gasteiger partial charge >= 0.3 is 7.91 Å². The maximum absolute atomic E-state index is 8.87. The zero-order valence-corrected chi connectivity index (χ0v) is 5.97. The molecule has 0 saturated carbocycles. The predicted octanol–water partition coefficient (Wildman–Crippen LogP) is 0.0556. The summed E-state index contributed by atoms with van der Waals surface area (Å²) in [5.41, 5.74) is 0. The second-order valence-electron chi connectivity index (χ2n) is 0.298. The maximum atomic E-state index is 8.87. The van der Waals surface area contributed by atoms with Crippen molar-refractivity contribution in [2.75, 3.05) is 0 Å². The third-order valence-corrected chi connectivity index (χ3v) is 0.183. The molecule has 0 bridgehead atoms. The van der Waals surface area contributed by atoms with Crippen LogP contribution in [0, 0.1) is 0 Å². The molecule has 0 aromatic heterocycles. The van der Waals surface area contributed by atoms with Crippen LogP contribution < -0.4 is 0 Å². The molecule has 4 nitrogen and oxygen atoms in total. The molecule has 0 aromatic carbocycles. The van der Waals surface area contributed by atoms with Gasteiger partial charge in [-0.05, 0) is 5.26 Å². The topological polar surface area (TPSA) is 63.3 Å². The van der Waals surface area contributed by atoms with Crippen LogP contribution in [-0.2, 0) is 19.1 Å². The predicted molar refractivity (Wildman–Crippen MR) is 15.8 cm³/mol. The molecule has 0 aliphatic carbocycles. The molecule has 0 fully saturated rings. The Morgan fingerprint density at radius 1 is 1.33 bits per heavy atom. The van der Waals surface area contributed by atoms with E-state index in [1.54, 1.807) is 0 Å². The summed E-state index contributed by atoms with van der Waals surface area (Å²) in [6.07, 6.45) is 0. The summed E-state index contributed by atoms with van der Waals surface area (Å²) >= 11 is 0. The summed E-state index contributed by atoms with van der Waals surface area (Å²) in [7, 11) is -3.15. The van der Waals surface area contributed by atoms with Crippen molar-refractivity contribution in [3.8, 4) is 0 Å². The molecular formula is NaO4P. The fraction of sp³-hybridized carbons (Fsp3) is 0. The molecule has 30 valence electrons. The van der Waals surface area contributed by atoms with Gasteiger partial charge in [0.15, 0.2) is 0 Å². The van der Waals surface area contributed by atoms with Crippen molar-refractivity contribution < 1.29 is 19.1 Å². The minimum Gasteiger partial charge on any atom is -0.201 e. The largest absolute Gasteiger partial charge is 0.498 e. The van der Waals surface area contributed by atoms with Crippen LogP contribution in [0.2, 0.25) is 0 Å². The molecule has 0 atom stereocenters. The molecule has 0 rings (SSSR count). The van der Waals surface area contributed by atoms with Gasteiger partial charge in [0.2, 0.25) is 0 Å². The van der Waals surface area contributed by atoms with E-state index >= 15 is 0 Å². The van der Waals surface area contributed by atoms with Crippen LogP contribution in [0.1, 0.15) is 0 Å². The third-order valence-electron chi connectivity index (χ3n) is 0.0609. The van der Waals surface area contributed by atoms with Crippen LogP contribution in [0.3, 0.4) is 0 Å². The van der Waals surface area contributed by atoms with Crippen LogP contribution in [0.25, 0.3) is 0 Å². The van der Waals surface area contributed by atoms with Crippen molar-refractivity contribution in [1.29, 1.82) is 0 Å². The zero-order valence-electron chi connectivity index (χ0n) is 3.08. The number of hydrogen-bond acceptors (Lipinski definition) is 3. The van der Waals surface area contributed by atoms with Crippen LogP contribution in [-0.4, -0.2) is 29.6 Å². The molecule has 0 amide bonds. The van der Waals surface area contributed by atoms with E-state index in [4.69, 9.17) is 14.4 Å². The summed E-state index contributed by atoms with van der Waals surface area (Å²) < 4.78 is 20.2. The van der Waals surface area contributed by atoms with Gasteiger partial charge in [0, 0.05) is 29.6 Å². The van der Waals surface area contributed by atoms with Gasteiger partial charge in [0.25, 0.3) is 0 Å². The van der Waals surface area contributed by atoms with Crippen molar-refractivity contribution in [2.24, 2.45) is 0 Å².